The van der Waals surface area contributed by atoms with Crippen molar-refractivity contribution in [3.63, 3.8) is 0 Å². The van der Waals surface area contributed by atoms with Crippen LogP contribution in [-0.2, 0) is 11.2 Å². The van der Waals surface area contributed by atoms with Gasteiger partial charge in [-0.1, -0.05) is 75.4 Å². The van der Waals surface area contributed by atoms with Gasteiger partial charge < -0.3 is 20.1 Å². The number of esters is 1. The molecule has 0 unspecified atom stereocenters. The van der Waals surface area contributed by atoms with Crippen molar-refractivity contribution in [3.05, 3.63) is 82.2 Å². The van der Waals surface area contributed by atoms with Crippen molar-refractivity contribution < 1.29 is 24.9 Å². The number of ether oxygens (including phenoxy) is 1. The Morgan fingerprint density at radius 2 is 1.75 bits per heavy atom. The van der Waals surface area contributed by atoms with Crippen molar-refractivity contribution in [3.8, 4) is 16.2 Å². The van der Waals surface area contributed by atoms with Crippen molar-refractivity contribution >= 4 is 38.9 Å². The van der Waals surface area contributed by atoms with Crippen molar-refractivity contribution in [2.75, 3.05) is 0 Å². The van der Waals surface area contributed by atoms with Crippen LogP contribution in [0.15, 0.2) is 72.8 Å². The van der Waals surface area contributed by atoms with Crippen LogP contribution in [0.4, 0.5) is 0 Å². The van der Waals surface area contributed by atoms with E-state index in [2.05, 4.69) is 18.2 Å². The minimum absolute atomic E-state index is 0.0203. The molecule has 8 heteroatoms. The van der Waals surface area contributed by atoms with Crippen LogP contribution in [0.1, 0.15) is 56.9 Å². The highest BCUT2D eigenvalue weighted by Crippen LogP contribution is 2.38. The lowest BCUT2D eigenvalue weighted by atomic mass is 9.85. The fourth-order valence-corrected chi connectivity index (χ4v) is 7.79. The maximum absolute atomic E-state index is 12.3. The molecule has 0 radical (unpaired) electrons. The van der Waals surface area contributed by atoms with Gasteiger partial charge in [-0.2, -0.15) is 0 Å². The van der Waals surface area contributed by atoms with E-state index in [0.29, 0.717) is 50.7 Å². The first kappa shape index (κ1) is 30.8. The zero-order chi connectivity index (χ0) is 28.3. The van der Waals surface area contributed by atoms with E-state index in [4.69, 9.17) is 17.0 Å². The Morgan fingerprint density at radius 3 is 2.48 bits per heavy atom. The van der Waals surface area contributed by atoms with E-state index < -0.39 is 18.3 Å². The van der Waals surface area contributed by atoms with E-state index in [1.54, 1.807) is 32.8 Å². The highest BCUT2D eigenvalue weighted by atomic mass is 32.9. The summed E-state index contributed by atoms with van der Waals surface area (Å²) in [6, 6.07) is 19.6. The van der Waals surface area contributed by atoms with Gasteiger partial charge in [-0.3, -0.25) is 4.79 Å². The predicted octanol–water partition coefficient (Wildman–Crippen LogP) is 7.36. The van der Waals surface area contributed by atoms with Crippen molar-refractivity contribution in [1.82, 2.24) is 0 Å². The van der Waals surface area contributed by atoms with Crippen molar-refractivity contribution in [2.45, 2.75) is 76.1 Å². The molecule has 3 aromatic rings. The van der Waals surface area contributed by atoms with Crippen molar-refractivity contribution in [1.29, 1.82) is 0 Å². The zero-order valence-electron chi connectivity index (χ0n) is 22.6. The first-order valence-electron chi connectivity index (χ1n) is 14.0. The van der Waals surface area contributed by atoms with Gasteiger partial charge in [0.1, 0.15) is 9.57 Å². The summed E-state index contributed by atoms with van der Waals surface area (Å²) in [5.74, 6) is 0.236. The fraction of sp³-hybridized carbons (Fsp3) is 0.438. The molecule has 0 spiro atoms. The number of carbonyl (C=O) groups excluding carboxylic acids is 1. The Balaban J connectivity index is 1.14. The highest BCUT2D eigenvalue weighted by Gasteiger charge is 2.40. The molecule has 1 aliphatic carbocycles. The number of allylic oxidation sites excluding steroid dienone is 2. The van der Waals surface area contributed by atoms with Gasteiger partial charge in [-0.05, 0) is 105 Å². The molecule has 1 heterocycles. The minimum atomic E-state index is -0.538. The normalized spacial score (nSPS) is 21.6. The summed E-state index contributed by atoms with van der Waals surface area (Å²) in [7, 11) is 3.21. The number of aliphatic hydroxyl groups excluding tert-OH is 3. The van der Waals surface area contributed by atoms with E-state index >= 15 is 0 Å². The Morgan fingerprint density at radius 1 is 1.00 bits per heavy atom. The van der Waals surface area contributed by atoms with Gasteiger partial charge in [-0.25, -0.2) is 0 Å². The van der Waals surface area contributed by atoms with E-state index in [1.165, 1.54) is 5.56 Å². The maximum Gasteiger partial charge on any atom is 0.311 e. The van der Waals surface area contributed by atoms with Gasteiger partial charge in [0.2, 0.25) is 0 Å². The topological polar surface area (TPSA) is 87.0 Å². The summed E-state index contributed by atoms with van der Waals surface area (Å²) in [5.41, 5.74) is 2.27. The van der Waals surface area contributed by atoms with Crippen LogP contribution in [0.25, 0.3) is 10.4 Å². The number of hydrogen-bond acceptors (Lipinski definition) is 8. The summed E-state index contributed by atoms with van der Waals surface area (Å²) in [5, 5.41) is 31.5. The summed E-state index contributed by atoms with van der Waals surface area (Å²) >= 11 is 5.19. The average Bonchev–Trinajstić information content (AvgIpc) is 3.50. The number of benzene rings is 2. The molecule has 214 valence electrons. The molecule has 1 saturated carbocycles. The Labute approximate surface area is 249 Å². The number of aryl methyl sites for hydroxylation is 1. The molecule has 0 aliphatic heterocycles. The second kappa shape index (κ2) is 15.7. The van der Waals surface area contributed by atoms with Crippen LogP contribution in [0.5, 0.6) is 5.75 Å². The molecule has 5 atom stereocenters. The molecule has 2 aromatic carbocycles. The average molecular weight is 599 g/mol. The summed E-state index contributed by atoms with van der Waals surface area (Å²) < 4.78 is 6.33. The molecule has 4 rings (SSSR count). The first-order valence-corrected chi connectivity index (χ1v) is 16.6. The molecule has 5 nitrogen and oxygen atoms in total. The number of unbranched alkanes of at least 4 members (excludes halogenated alkanes) is 1. The van der Waals surface area contributed by atoms with Gasteiger partial charge in [0.05, 0.1) is 18.3 Å². The van der Waals surface area contributed by atoms with Gasteiger partial charge in [-0.15, -0.1) is 0 Å². The highest BCUT2D eigenvalue weighted by molar-refractivity contribution is 7.80. The van der Waals surface area contributed by atoms with Crippen molar-refractivity contribution in [2.24, 2.45) is 11.8 Å². The molecule has 3 N–H and O–H groups in total. The number of hydrogen-bond donors (Lipinski definition) is 3. The molecule has 40 heavy (non-hydrogen) atoms. The summed E-state index contributed by atoms with van der Waals surface area (Å²) in [4.78, 5) is 13.4. The number of aliphatic hydroxyl groups is 3. The van der Waals surface area contributed by atoms with E-state index in [0.717, 1.165) is 27.1 Å². The summed E-state index contributed by atoms with van der Waals surface area (Å²) in [6.45, 7) is 0. The standard InChI is InChI=1S/C32H38O5S3/c33-24(15-12-22-8-4-3-5-9-22)16-19-27-26(28(34)20-29(27)35)10-6-1-2-7-11-31(36)37-25-17-13-23(14-18-25)30-21-32(38)40-39-30/h1,3-6,8-9,13-14,17-18,21,24,26-29,33-35H,2,7,10-12,15-16,19-20H2/t24-,26+,27+,28-,29+/m0/s1. The molecule has 0 amide bonds. The van der Waals surface area contributed by atoms with Gasteiger partial charge in [0.25, 0.3) is 0 Å². The summed E-state index contributed by atoms with van der Waals surface area (Å²) in [6.07, 6.45) is 8.26. The van der Waals surface area contributed by atoms with Crippen LogP contribution in [-0.4, -0.2) is 39.6 Å². The minimum Gasteiger partial charge on any atom is -0.427 e. The van der Waals surface area contributed by atoms with Crippen LogP contribution >= 0.6 is 32.9 Å². The second-order valence-electron chi connectivity index (χ2n) is 10.5. The predicted molar refractivity (Wildman–Crippen MR) is 165 cm³/mol. The third kappa shape index (κ3) is 9.43. The first-order chi connectivity index (χ1) is 19.4. The van der Waals surface area contributed by atoms with Crippen LogP contribution in [0.3, 0.4) is 0 Å². The van der Waals surface area contributed by atoms with E-state index in [9.17, 15) is 20.1 Å². The Kier molecular flexibility index (Phi) is 12.1. The molecular weight excluding hydrogens is 561 g/mol. The van der Waals surface area contributed by atoms with Gasteiger partial charge >= 0.3 is 5.97 Å². The fourth-order valence-electron chi connectivity index (χ4n) is 5.39. The lowest BCUT2D eigenvalue weighted by Gasteiger charge is -2.23. The molecule has 1 aliphatic rings. The quantitative estimate of drug-likeness (QED) is 0.0449. The third-order valence-electron chi connectivity index (χ3n) is 7.62. The number of rotatable bonds is 14. The SMILES string of the molecule is O=C(CCCC=CC[C@@H]1[C@@H](CC[C@@H](O)CCc2ccccc2)[C@H](O)C[C@@H]1O)Oc1ccc(-c2cc(=S)ss2)cc1. The number of carbonyl (C=O) groups is 1. The lowest BCUT2D eigenvalue weighted by molar-refractivity contribution is -0.134. The maximum atomic E-state index is 12.3. The molecule has 1 fully saturated rings. The monoisotopic (exact) mass is 598 g/mol. The van der Waals surface area contributed by atoms with Crippen LogP contribution in [0.2, 0.25) is 0 Å². The molecule has 1 aromatic heterocycles. The smallest absolute Gasteiger partial charge is 0.311 e. The van der Waals surface area contributed by atoms with Gasteiger partial charge in [0.15, 0.2) is 0 Å². The molecule has 0 saturated heterocycles. The second-order valence-corrected chi connectivity index (χ2v) is 13.5. The van der Waals surface area contributed by atoms with Gasteiger partial charge in [0, 0.05) is 11.3 Å². The Hall–Kier alpha value is -2.20. The largest absolute Gasteiger partial charge is 0.427 e. The zero-order valence-corrected chi connectivity index (χ0v) is 25.0. The third-order valence-corrected chi connectivity index (χ3v) is 10.5. The van der Waals surface area contributed by atoms with Crippen LogP contribution < -0.4 is 4.74 Å². The molecular formula is C32H38O5S3. The molecule has 0 bridgehead atoms. The van der Waals surface area contributed by atoms with E-state index in [1.807, 2.05) is 42.5 Å². The van der Waals surface area contributed by atoms with Crippen LogP contribution in [0, 0.1) is 15.7 Å². The van der Waals surface area contributed by atoms with E-state index in [-0.39, 0.29) is 17.8 Å². The lowest BCUT2D eigenvalue weighted by Crippen LogP contribution is -2.23. The Bertz CT molecular complexity index is 1270.